The summed E-state index contributed by atoms with van der Waals surface area (Å²) < 4.78 is 26.4. The molecule has 0 unspecified atom stereocenters. The van der Waals surface area contributed by atoms with Gasteiger partial charge in [-0.05, 0) is 28.1 Å². The van der Waals surface area contributed by atoms with E-state index in [1.807, 2.05) is 0 Å². The Bertz CT molecular complexity index is 743. The van der Waals surface area contributed by atoms with Crippen LogP contribution in [0.1, 0.15) is 0 Å². The van der Waals surface area contributed by atoms with E-state index in [2.05, 4.69) is 9.71 Å². The van der Waals surface area contributed by atoms with Crippen molar-refractivity contribution in [1.82, 2.24) is 4.98 Å². The van der Waals surface area contributed by atoms with Crippen LogP contribution in [0, 0.1) is 10.1 Å². The number of hydrogen-bond acceptors (Lipinski definition) is 6. The molecule has 1 aromatic heterocycles. The summed E-state index contributed by atoms with van der Waals surface area (Å²) >= 11 is 0. The van der Waals surface area contributed by atoms with Gasteiger partial charge >= 0.3 is 5.82 Å². The first-order valence-electron chi connectivity index (χ1n) is 5.38. The summed E-state index contributed by atoms with van der Waals surface area (Å²) in [6.07, 6.45) is 0.916. The zero-order valence-electron chi connectivity index (χ0n) is 10.1. The Hall–Kier alpha value is -2.68. The van der Waals surface area contributed by atoms with Crippen molar-refractivity contribution in [3.8, 4) is 0 Å². The highest BCUT2D eigenvalue weighted by atomic mass is 32.2. The third kappa shape index (κ3) is 2.83. The van der Waals surface area contributed by atoms with Crippen molar-refractivity contribution in [3.63, 3.8) is 0 Å². The Kier molecular flexibility index (Phi) is 3.53. The van der Waals surface area contributed by atoms with Crippen LogP contribution in [0.3, 0.4) is 0 Å². The van der Waals surface area contributed by atoms with Crippen LogP contribution < -0.4 is 10.5 Å². The average molecular weight is 294 g/mol. The Balaban J connectivity index is 2.31. The van der Waals surface area contributed by atoms with Crippen LogP contribution in [0.25, 0.3) is 0 Å². The molecule has 2 rings (SSSR count). The minimum Gasteiger partial charge on any atom is -0.397 e. The predicted octanol–water partition coefficient (Wildman–Crippen LogP) is 1.37. The quantitative estimate of drug-likeness (QED) is 0.498. The molecule has 1 aromatic carbocycles. The molecule has 2 aromatic rings. The van der Waals surface area contributed by atoms with Gasteiger partial charge in [-0.15, -0.1) is 0 Å². The molecule has 104 valence electrons. The lowest BCUT2D eigenvalue weighted by molar-refractivity contribution is -0.389. The second kappa shape index (κ2) is 5.13. The third-order valence-corrected chi connectivity index (χ3v) is 3.77. The van der Waals surface area contributed by atoms with Crippen LogP contribution in [-0.2, 0) is 10.0 Å². The second-order valence-corrected chi connectivity index (χ2v) is 5.48. The van der Waals surface area contributed by atoms with E-state index in [0.717, 1.165) is 18.3 Å². The van der Waals surface area contributed by atoms with Crippen LogP contribution >= 0.6 is 0 Å². The van der Waals surface area contributed by atoms with Crippen molar-refractivity contribution >= 4 is 27.2 Å². The smallest absolute Gasteiger partial charge is 0.363 e. The molecule has 8 nitrogen and oxygen atoms in total. The number of hydrogen-bond donors (Lipinski definition) is 2. The maximum atomic E-state index is 12.1. The van der Waals surface area contributed by atoms with Crippen molar-refractivity contribution in [2.75, 3.05) is 10.5 Å². The zero-order valence-corrected chi connectivity index (χ0v) is 10.9. The van der Waals surface area contributed by atoms with E-state index in [1.165, 1.54) is 6.07 Å². The number of pyridine rings is 1. The molecular formula is C11H10N4O4S. The normalized spacial score (nSPS) is 11.0. The number of benzene rings is 1. The van der Waals surface area contributed by atoms with Crippen molar-refractivity contribution < 1.29 is 13.3 Å². The number of nitro groups is 1. The number of sulfonamides is 1. The molecule has 20 heavy (non-hydrogen) atoms. The number of anilines is 2. The highest BCUT2D eigenvalue weighted by molar-refractivity contribution is 7.92. The molecule has 0 aliphatic carbocycles. The summed E-state index contributed by atoms with van der Waals surface area (Å²) in [5, 5.41) is 10.5. The second-order valence-electron chi connectivity index (χ2n) is 3.80. The van der Waals surface area contributed by atoms with E-state index in [4.69, 9.17) is 5.73 Å². The minimum atomic E-state index is -3.89. The monoisotopic (exact) mass is 294 g/mol. The van der Waals surface area contributed by atoms with Crippen LogP contribution in [0.15, 0.2) is 47.5 Å². The fourth-order valence-electron chi connectivity index (χ4n) is 1.43. The van der Waals surface area contributed by atoms with E-state index in [9.17, 15) is 18.5 Å². The van der Waals surface area contributed by atoms with E-state index < -0.39 is 20.8 Å². The number of nitrogens with one attached hydrogen (secondary N) is 1. The summed E-state index contributed by atoms with van der Waals surface area (Å²) in [4.78, 5) is 13.0. The first-order chi connectivity index (χ1) is 9.40. The number of nitrogens with two attached hydrogens (primary N) is 1. The lowest BCUT2D eigenvalue weighted by Crippen LogP contribution is -2.14. The number of nitrogen functional groups attached to an aromatic ring is 1. The Morgan fingerprint density at radius 1 is 1.20 bits per heavy atom. The fourth-order valence-corrected chi connectivity index (χ4v) is 2.47. The minimum absolute atomic E-state index is 0.189. The van der Waals surface area contributed by atoms with Gasteiger partial charge < -0.3 is 15.8 Å². The molecule has 3 N–H and O–H groups in total. The first kappa shape index (κ1) is 13.7. The van der Waals surface area contributed by atoms with E-state index >= 15 is 0 Å². The summed E-state index contributed by atoms with van der Waals surface area (Å²) in [5.41, 5.74) is 6.13. The van der Waals surface area contributed by atoms with Gasteiger partial charge in [-0.3, -0.25) is 4.72 Å². The number of para-hydroxylation sites is 2. The molecule has 0 saturated carbocycles. The maximum absolute atomic E-state index is 12.1. The van der Waals surface area contributed by atoms with Gasteiger partial charge in [0.1, 0.15) is 4.90 Å². The van der Waals surface area contributed by atoms with Crippen LogP contribution in [0.4, 0.5) is 17.2 Å². The van der Waals surface area contributed by atoms with Gasteiger partial charge in [0.15, 0.2) is 6.20 Å². The molecule has 0 atom stereocenters. The standard InChI is InChI=1S/C11H10N4O4S/c12-9-3-1-2-4-10(9)14-20(18,19)8-5-6-11(13-7-8)15(16)17/h1-7,14H,12H2. The zero-order chi connectivity index (χ0) is 14.8. The molecule has 0 radical (unpaired) electrons. The van der Waals surface area contributed by atoms with Crippen molar-refractivity contribution in [3.05, 3.63) is 52.7 Å². The largest absolute Gasteiger partial charge is 0.397 e. The maximum Gasteiger partial charge on any atom is 0.363 e. The molecule has 0 aliphatic heterocycles. The molecule has 0 spiro atoms. The van der Waals surface area contributed by atoms with Crippen molar-refractivity contribution in [2.24, 2.45) is 0 Å². The van der Waals surface area contributed by atoms with E-state index in [1.54, 1.807) is 18.2 Å². The number of aromatic nitrogens is 1. The molecule has 1 heterocycles. The fraction of sp³-hybridized carbons (Fsp3) is 0. The summed E-state index contributed by atoms with van der Waals surface area (Å²) in [6.45, 7) is 0. The topological polar surface area (TPSA) is 128 Å². The lowest BCUT2D eigenvalue weighted by atomic mass is 10.3. The van der Waals surface area contributed by atoms with Crippen LogP contribution in [-0.4, -0.2) is 18.3 Å². The Morgan fingerprint density at radius 2 is 1.90 bits per heavy atom. The van der Waals surface area contributed by atoms with Gasteiger partial charge in [-0.1, -0.05) is 12.1 Å². The van der Waals surface area contributed by atoms with E-state index in [0.29, 0.717) is 0 Å². The van der Waals surface area contributed by atoms with Gasteiger partial charge in [-0.25, -0.2) is 8.42 Å². The summed E-state index contributed by atoms with van der Waals surface area (Å²) in [7, 11) is -3.89. The van der Waals surface area contributed by atoms with Crippen LogP contribution in [0.2, 0.25) is 0 Å². The van der Waals surface area contributed by atoms with Gasteiger partial charge in [0.25, 0.3) is 10.0 Å². The van der Waals surface area contributed by atoms with E-state index in [-0.39, 0.29) is 16.3 Å². The van der Waals surface area contributed by atoms with Crippen molar-refractivity contribution in [1.29, 1.82) is 0 Å². The molecule has 0 bridgehead atoms. The molecule has 0 fully saturated rings. The van der Waals surface area contributed by atoms with Gasteiger partial charge in [-0.2, -0.15) is 0 Å². The summed E-state index contributed by atoms with van der Waals surface area (Å²) in [5.74, 6) is -0.428. The molecule has 0 aliphatic rings. The highest BCUT2D eigenvalue weighted by Gasteiger charge is 2.19. The Morgan fingerprint density at radius 3 is 2.45 bits per heavy atom. The van der Waals surface area contributed by atoms with Gasteiger partial charge in [0.05, 0.1) is 11.4 Å². The lowest BCUT2D eigenvalue weighted by Gasteiger charge is -2.08. The molecule has 9 heteroatoms. The molecule has 0 saturated heterocycles. The Labute approximate surface area is 114 Å². The highest BCUT2D eigenvalue weighted by Crippen LogP contribution is 2.21. The first-order valence-corrected chi connectivity index (χ1v) is 6.86. The van der Waals surface area contributed by atoms with Crippen LogP contribution in [0.5, 0.6) is 0 Å². The number of rotatable bonds is 4. The average Bonchev–Trinajstić information content (AvgIpc) is 2.41. The SMILES string of the molecule is Nc1ccccc1NS(=O)(=O)c1ccc([N+](=O)[O-])nc1. The predicted molar refractivity (Wildman–Crippen MR) is 72.6 cm³/mol. The number of nitrogens with zero attached hydrogens (tertiary/aromatic N) is 2. The molecule has 0 amide bonds. The molecular weight excluding hydrogens is 284 g/mol. The van der Waals surface area contributed by atoms with Gasteiger partial charge in [0, 0.05) is 6.07 Å². The summed E-state index contributed by atoms with van der Waals surface area (Å²) in [6, 6.07) is 8.47. The third-order valence-electron chi connectivity index (χ3n) is 2.42. The van der Waals surface area contributed by atoms with Gasteiger partial charge in [0.2, 0.25) is 0 Å². The van der Waals surface area contributed by atoms with Crippen molar-refractivity contribution in [2.45, 2.75) is 4.90 Å².